The summed E-state index contributed by atoms with van der Waals surface area (Å²) in [5.41, 5.74) is 2.52. The zero-order valence-corrected chi connectivity index (χ0v) is 14.4. The second-order valence-corrected chi connectivity index (χ2v) is 6.40. The molecule has 0 bridgehead atoms. The second-order valence-electron chi connectivity index (χ2n) is 6.40. The van der Waals surface area contributed by atoms with Crippen LogP contribution in [0.25, 0.3) is 10.9 Å². The number of aromatic nitrogens is 3. The summed E-state index contributed by atoms with van der Waals surface area (Å²) >= 11 is 0. The third-order valence-electron chi connectivity index (χ3n) is 4.73. The van der Waals surface area contributed by atoms with Crippen molar-refractivity contribution in [3.8, 4) is 0 Å². The van der Waals surface area contributed by atoms with Gasteiger partial charge in [0.2, 0.25) is 0 Å². The number of hydrogen-bond donors (Lipinski definition) is 2. The number of fused-ring (bicyclic) bond motifs is 1. The maximum Gasteiger partial charge on any atom is 0.270 e. The second kappa shape index (κ2) is 6.20. The predicted octanol–water partition coefficient (Wildman–Crippen LogP) is 3.29. The molecule has 1 aliphatic heterocycles. The van der Waals surface area contributed by atoms with E-state index in [9.17, 15) is 4.79 Å². The number of aromatic amines is 1. The minimum Gasteiger partial charge on any atom is -0.373 e. The molecule has 6 nitrogen and oxygen atoms in total. The number of anilines is 1. The van der Waals surface area contributed by atoms with Crippen LogP contribution >= 0.6 is 0 Å². The van der Waals surface area contributed by atoms with Gasteiger partial charge in [-0.1, -0.05) is 18.2 Å². The molecule has 1 atom stereocenters. The van der Waals surface area contributed by atoms with E-state index in [1.807, 2.05) is 55.3 Å². The van der Waals surface area contributed by atoms with Crippen molar-refractivity contribution in [3.63, 3.8) is 0 Å². The largest absolute Gasteiger partial charge is 0.373 e. The van der Waals surface area contributed by atoms with Gasteiger partial charge in [0.1, 0.15) is 17.3 Å². The van der Waals surface area contributed by atoms with Gasteiger partial charge in [0.25, 0.3) is 5.91 Å². The van der Waals surface area contributed by atoms with Crippen molar-refractivity contribution in [2.45, 2.75) is 25.8 Å². The zero-order valence-electron chi connectivity index (χ0n) is 14.4. The van der Waals surface area contributed by atoms with Crippen LogP contribution in [0.3, 0.4) is 0 Å². The maximum absolute atomic E-state index is 13.1. The molecule has 3 heterocycles. The standard InChI is InChI=1S/C19H21N5O/c1-12-21-15(11-18(20-2)22-12)17-8-5-9-24(17)19(25)16-10-13-6-3-4-7-14(13)23-16/h3-4,6-7,10-11,17,23H,5,8-9H2,1-2H3,(H,20,21,22). The molecule has 1 saturated heterocycles. The monoisotopic (exact) mass is 335 g/mol. The number of nitrogens with one attached hydrogen (secondary N) is 2. The minimum absolute atomic E-state index is 0.00675. The van der Waals surface area contributed by atoms with Crippen molar-refractivity contribution >= 4 is 22.6 Å². The molecule has 2 aromatic heterocycles. The lowest BCUT2D eigenvalue weighted by atomic mass is 10.1. The summed E-state index contributed by atoms with van der Waals surface area (Å²) in [5.74, 6) is 1.53. The van der Waals surface area contributed by atoms with Crippen molar-refractivity contribution in [2.24, 2.45) is 0 Å². The summed E-state index contributed by atoms with van der Waals surface area (Å²) in [6.07, 6.45) is 1.90. The Morgan fingerprint density at radius 2 is 2.12 bits per heavy atom. The van der Waals surface area contributed by atoms with Crippen LogP contribution < -0.4 is 5.32 Å². The van der Waals surface area contributed by atoms with Crippen LogP contribution in [-0.4, -0.2) is 39.4 Å². The summed E-state index contributed by atoms with van der Waals surface area (Å²) < 4.78 is 0. The fraction of sp³-hybridized carbons (Fsp3) is 0.316. The number of H-pyrrole nitrogens is 1. The van der Waals surface area contributed by atoms with E-state index in [0.29, 0.717) is 11.5 Å². The Kier molecular flexibility index (Phi) is 3.87. The number of likely N-dealkylation sites (tertiary alicyclic amines) is 1. The van der Waals surface area contributed by atoms with E-state index >= 15 is 0 Å². The van der Waals surface area contributed by atoms with E-state index in [4.69, 9.17) is 0 Å². The number of rotatable bonds is 3. The molecule has 1 aromatic carbocycles. The van der Waals surface area contributed by atoms with E-state index in [-0.39, 0.29) is 11.9 Å². The molecule has 1 aliphatic rings. The van der Waals surface area contributed by atoms with Crippen LogP contribution in [0.1, 0.15) is 40.9 Å². The Balaban J connectivity index is 1.67. The fourth-order valence-corrected chi connectivity index (χ4v) is 3.55. The molecule has 6 heteroatoms. The molecule has 0 aliphatic carbocycles. The summed E-state index contributed by atoms with van der Waals surface area (Å²) in [7, 11) is 1.84. The van der Waals surface area contributed by atoms with Crippen LogP contribution in [0, 0.1) is 6.92 Å². The van der Waals surface area contributed by atoms with Gasteiger partial charge in [0.05, 0.1) is 11.7 Å². The number of para-hydroxylation sites is 1. The number of benzene rings is 1. The first-order chi connectivity index (χ1) is 12.2. The van der Waals surface area contributed by atoms with Crippen molar-refractivity contribution < 1.29 is 4.79 Å². The van der Waals surface area contributed by atoms with E-state index in [0.717, 1.165) is 41.8 Å². The maximum atomic E-state index is 13.1. The lowest BCUT2D eigenvalue weighted by Gasteiger charge is -2.24. The van der Waals surface area contributed by atoms with Gasteiger partial charge < -0.3 is 15.2 Å². The first kappa shape index (κ1) is 15.6. The smallest absolute Gasteiger partial charge is 0.270 e. The molecule has 0 spiro atoms. The quantitative estimate of drug-likeness (QED) is 0.770. The van der Waals surface area contributed by atoms with Crippen molar-refractivity contribution in [1.29, 1.82) is 0 Å². The van der Waals surface area contributed by atoms with E-state index in [1.165, 1.54) is 0 Å². The van der Waals surface area contributed by atoms with Gasteiger partial charge in [0, 0.05) is 30.6 Å². The molecule has 0 radical (unpaired) electrons. The summed E-state index contributed by atoms with van der Waals surface area (Å²) in [5, 5.41) is 4.12. The molecular weight excluding hydrogens is 314 g/mol. The van der Waals surface area contributed by atoms with Crippen molar-refractivity contribution in [3.05, 3.63) is 53.6 Å². The Labute approximate surface area is 146 Å². The molecular formula is C19H21N5O. The fourth-order valence-electron chi connectivity index (χ4n) is 3.55. The molecule has 128 valence electrons. The van der Waals surface area contributed by atoms with Crippen LogP contribution in [0.2, 0.25) is 0 Å². The van der Waals surface area contributed by atoms with Gasteiger partial charge >= 0.3 is 0 Å². The Morgan fingerprint density at radius 3 is 2.92 bits per heavy atom. The lowest BCUT2D eigenvalue weighted by Crippen LogP contribution is -2.31. The number of aryl methyl sites for hydroxylation is 1. The number of hydrogen-bond acceptors (Lipinski definition) is 4. The predicted molar refractivity (Wildman–Crippen MR) is 97.6 cm³/mol. The van der Waals surface area contributed by atoms with Gasteiger partial charge in [-0.2, -0.15) is 0 Å². The Morgan fingerprint density at radius 1 is 1.28 bits per heavy atom. The molecule has 25 heavy (non-hydrogen) atoms. The van der Waals surface area contributed by atoms with Gasteiger partial charge in [0.15, 0.2) is 0 Å². The van der Waals surface area contributed by atoms with Crippen LogP contribution in [0.4, 0.5) is 5.82 Å². The summed E-state index contributed by atoms with van der Waals surface area (Å²) in [6.45, 7) is 2.62. The minimum atomic E-state index is -0.00675. The molecule has 3 aromatic rings. The van der Waals surface area contributed by atoms with Crippen molar-refractivity contribution in [2.75, 3.05) is 18.9 Å². The molecule has 4 rings (SSSR count). The van der Waals surface area contributed by atoms with Gasteiger partial charge in [-0.3, -0.25) is 4.79 Å². The van der Waals surface area contributed by atoms with Crippen LogP contribution in [0.5, 0.6) is 0 Å². The highest BCUT2D eigenvalue weighted by Gasteiger charge is 2.32. The van der Waals surface area contributed by atoms with E-state index < -0.39 is 0 Å². The zero-order chi connectivity index (χ0) is 17.4. The van der Waals surface area contributed by atoms with E-state index in [2.05, 4.69) is 20.3 Å². The molecule has 1 amide bonds. The number of carbonyl (C=O) groups is 1. The normalized spacial score (nSPS) is 17.2. The number of nitrogens with zero attached hydrogens (tertiary/aromatic N) is 3. The average molecular weight is 335 g/mol. The van der Waals surface area contributed by atoms with Gasteiger partial charge in [-0.25, -0.2) is 9.97 Å². The first-order valence-corrected chi connectivity index (χ1v) is 8.58. The SMILES string of the molecule is CNc1cc(C2CCCN2C(=O)c2cc3ccccc3[nH]2)nc(C)n1. The van der Waals surface area contributed by atoms with Gasteiger partial charge in [-0.15, -0.1) is 0 Å². The molecule has 2 N–H and O–H groups in total. The molecule has 1 fully saturated rings. The lowest BCUT2D eigenvalue weighted by molar-refractivity contribution is 0.0727. The van der Waals surface area contributed by atoms with Crippen LogP contribution in [0.15, 0.2) is 36.4 Å². The third kappa shape index (κ3) is 2.84. The Hall–Kier alpha value is -2.89. The van der Waals surface area contributed by atoms with E-state index in [1.54, 1.807) is 0 Å². The summed E-state index contributed by atoms with van der Waals surface area (Å²) in [4.78, 5) is 27.2. The van der Waals surface area contributed by atoms with Crippen molar-refractivity contribution in [1.82, 2.24) is 19.9 Å². The highest BCUT2D eigenvalue weighted by Crippen LogP contribution is 2.33. The third-order valence-corrected chi connectivity index (χ3v) is 4.73. The highest BCUT2D eigenvalue weighted by atomic mass is 16.2. The first-order valence-electron chi connectivity index (χ1n) is 8.58. The number of amides is 1. The Bertz CT molecular complexity index is 899. The number of carbonyl (C=O) groups excluding carboxylic acids is 1. The highest BCUT2D eigenvalue weighted by molar-refractivity contribution is 5.98. The van der Waals surface area contributed by atoms with Gasteiger partial charge in [-0.05, 0) is 31.9 Å². The summed E-state index contributed by atoms with van der Waals surface area (Å²) in [6, 6.07) is 11.8. The topological polar surface area (TPSA) is 73.9 Å². The average Bonchev–Trinajstić information content (AvgIpc) is 3.27. The molecule has 0 saturated carbocycles. The van der Waals surface area contributed by atoms with Crippen LogP contribution in [-0.2, 0) is 0 Å². The molecule has 1 unspecified atom stereocenters.